The summed E-state index contributed by atoms with van der Waals surface area (Å²) < 4.78 is 5.95. The summed E-state index contributed by atoms with van der Waals surface area (Å²) in [6.45, 7) is 8.70. The number of para-hydroxylation sites is 1. The van der Waals surface area contributed by atoms with Gasteiger partial charge in [0.2, 0.25) is 9.04 Å². The Labute approximate surface area is 111 Å². The summed E-state index contributed by atoms with van der Waals surface area (Å²) in [7, 11) is -1.09. The summed E-state index contributed by atoms with van der Waals surface area (Å²) in [5.41, 5.74) is 2.17. The van der Waals surface area contributed by atoms with Crippen molar-refractivity contribution in [3.05, 3.63) is 23.8 Å². The molecule has 1 aliphatic heterocycles. The van der Waals surface area contributed by atoms with Crippen LogP contribution in [-0.4, -0.2) is 33.4 Å². The Morgan fingerprint density at radius 1 is 1.28 bits per heavy atom. The number of aliphatic imine (C=N–C) groups is 1. The van der Waals surface area contributed by atoms with Crippen molar-refractivity contribution in [3.63, 3.8) is 0 Å². The molecule has 0 N–H and O–H groups in total. The largest absolute Gasteiger partial charge is 0.546 e. The number of likely N-dealkylation sites (tertiary alicyclic amines) is 1. The molecular formula is C14H22N2OSi. The average molecular weight is 262 g/mol. The minimum atomic E-state index is -1.09. The highest BCUT2D eigenvalue weighted by atomic mass is 28.3. The number of nitrogens with zero attached hydrogens (tertiary/aromatic N) is 2. The molecule has 0 aromatic heterocycles. The van der Waals surface area contributed by atoms with Gasteiger partial charge >= 0.3 is 0 Å². The zero-order chi connectivity index (χ0) is 13.0. The van der Waals surface area contributed by atoms with Crippen molar-refractivity contribution in [2.45, 2.75) is 32.9 Å². The van der Waals surface area contributed by atoms with E-state index >= 15 is 0 Å². The zero-order valence-electron chi connectivity index (χ0n) is 11.5. The van der Waals surface area contributed by atoms with Gasteiger partial charge in [-0.3, -0.25) is 0 Å². The third kappa shape index (κ3) is 3.35. The molecule has 1 aliphatic rings. The van der Waals surface area contributed by atoms with Gasteiger partial charge in [-0.25, -0.2) is 4.99 Å². The van der Waals surface area contributed by atoms with Gasteiger partial charge < -0.3 is 9.33 Å². The van der Waals surface area contributed by atoms with Crippen LogP contribution in [0.5, 0.6) is 5.75 Å². The lowest BCUT2D eigenvalue weighted by molar-refractivity contribution is 0.535. The standard InChI is InChI=1S/C14H22N2OSi/c1-12-7-6-8-13(17-18(2)3)14(12)15-11-16-9-4-5-10-16/h6-8,11,18H,4-5,9-10H2,1-3H3. The van der Waals surface area contributed by atoms with Crippen LogP contribution in [0, 0.1) is 6.92 Å². The quantitative estimate of drug-likeness (QED) is 0.473. The van der Waals surface area contributed by atoms with E-state index in [1.807, 2.05) is 18.5 Å². The van der Waals surface area contributed by atoms with E-state index in [9.17, 15) is 0 Å². The van der Waals surface area contributed by atoms with E-state index < -0.39 is 9.04 Å². The maximum atomic E-state index is 5.95. The van der Waals surface area contributed by atoms with Crippen molar-refractivity contribution in [1.82, 2.24) is 4.90 Å². The molecule has 98 valence electrons. The monoisotopic (exact) mass is 262 g/mol. The fourth-order valence-corrected chi connectivity index (χ4v) is 2.84. The van der Waals surface area contributed by atoms with Gasteiger partial charge in [-0.05, 0) is 44.5 Å². The normalized spacial score (nSPS) is 15.9. The Bertz CT molecular complexity index is 426. The molecule has 1 saturated heterocycles. The van der Waals surface area contributed by atoms with Gasteiger partial charge in [0.1, 0.15) is 11.4 Å². The first-order valence-corrected chi connectivity index (χ1v) is 9.49. The number of rotatable bonds is 4. The van der Waals surface area contributed by atoms with Gasteiger partial charge in [-0.1, -0.05) is 12.1 Å². The summed E-state index contributed by atoms with van der Waals surface area (Å²) >= 11 is 0. The predicted octanol–water partition coefficient (Wildman–Crippen LogP) is 3.11. The van der Waals surface area contributed by atoms with Gasteiger partial charge in [0.25, 0.3) is 0 Å². The van der Waals surface area contributed by atoms with Crippen molar-refractivity contribution >= 4 is 21.1 Å². The molecule has 1 aromatic rings. The lowest BCUT2D eigenvalue weighted by atomic mass is 10.2. The van der Waals surface area contributed by atoms with Crippen molar-refractivity contribution in [1.29, 1.82) is 0 Å². The molecule has 3 nitrogen and oxygen atoms in total. The van der Waals surface area contributed by atoms with Crippen molar-refractivity contribution in [2.24, 2.45) is 4.99 Å². The molecule has 2 rings (SSSR count). The van der Waals surface area contributed by atoms with Gasteiger partial charge in [0, 0.05) is 13.1 Å². The molecule has 1 heterocycles. The summed E-state index contributed by atoms with van der Waals surface area (Å²) in [6, 6.07) is 6.15. The van der Waals surface area contributed by atoms with Crippen LogP contribution in [0.3, 0.4) is 0 Å². The van der Waals surface area contributed by atoms with E-state index in [2.05, 4.69) is 36.0 Å². The van der Waals surface area contributed by atoms with Crippen LogP contribution in [0.2, 0.25) is 13.1 Å². The molecule has 0 amide bonds. The summed E-state index contributed by atoms with van der Waals surface area (Å²) in [6.07, 6.45) is 4.54. The molecule has 4 heteroatoms. The minimum Gasteiger partial charge on any atom is -0.546 e. The smallest absolute Gasteiger partial charge is 0.229 e. The number of hydrogen-bond acceptors (Lipinski definition) is 2. The van der Waals surface area contributed by atoms with E-state index in [1.165, 1.54) is 18.4 Å². The molecule has 0 spiro atoms. The van der Waals surface area contributed by atoms with E-state index in [0.717, 1.165) is 24.5 Å². The number of hydrogen-bond donors (Lipinski definition) is 0. The highest BCUT2D eigenvalue weighted by Crippen LogP contribution is 2.31. The van der Waals surface area contributed by atoms with Crippen LogP contribution in [0.15, 0.2) is 23.2 Å². The van der Waals surface area contributed by atoms with Gasteiger partial charge in [-0.2, -0.15) is 0 Å². The van der Waals surface area contributed by atoms with Crippen LogP contribution in [0.25, 0.3) is 0 Å². The highest BCUT2D eigenvalue weighted by Gasteiger charge is 2.10. The van der Waals surface area contributed by atoms with Crippen LogP contribution >= 0.6 is 0 Å². The van der Waals surface area contributed by atoms with Gasteiger partial charge in [-0.15, -0.1) is 0 Å². The molecule has 0 saturated carbocycles. The van der Waals surface area contributed by atoms with E-state index in [4.69, 9.17) is 4.43 Å². The molecule has 0 aliphatic carbocycles. The maximum absolute atomic E-state index is 5.95. The van der Waals surface area contributed by atoms with Crippen molar-refractivity contribution in [3.8, 4) is 5.75 Å². The summed E-state index contributed by atoms with van der Waals surface area (Å²) in [5, 5.41) is 0. The molecule has 18 heavy (non-hydrogen) atoms. The van der Waals surface area contributed by atoms with Crippen LogP contribution < -0.4 is 4.43 Å². The second kappa shape index (κ2) is 6.04. The Morgan fingerprint density at radius 3 is 2.67 bits per heavy atom. The summed E-state index contributed by atoms with van der Waals surface area (Å²) in [4.78, 5) is 6.92. The summed E-state index contributed by atoms with van der Waals surface area (Å²) in [5.74, 6) is 0.937. The Hall–Kier alpha value is -1.29. The maximum Gasteiger partial charge on any atom is 0.229 e. The van der Waals surface area contributed by atoms with E-state index in [1.54, 1.807) is 0 Å². The predicted molar refractivity (Wildman–Crippen MR) is 79.6 cm³/mol. The van der Waals surface area contributed by atoms with Crippen LogP contribution in [0.4, 0.5) is 5.69 Å². The molecule has 1 aromatic carbocycles. The minimum absolute atomic E-state index is 0.937. The van der Waals surface area contributed by atoms with Crippen LogP contribution in [-0.2, 0) is 0 Å². The lowest BCUT2D eigenvalue weighted by Crippen LogP contribution is -2.16. The molecular weight excluding hydrogens is 240 g/mol. The molecule has 0 unspecified atom stereocenters. The van der Waals surface area contributed by atoms with Gasteiger partial charge in [0.15, 0.2) is 0 Å². The lowest BCUT2D eigenvalue weighted by Gasteiger charge is -2.14. The van der Waals surface area contributed by atoms with Crippen molar-refractivity contribution in [2.75, 3.05) is 13.1 Å². The molecule has 1 fully saturated rings. The Kier molecular flexibility index (Phi) is 4.41. The first kappa shape index (κ1) is 13.1. The highest BCUT2D eigenvalue weighted by molar-refractivity contribution is 6.49. The average Bonchev–Trinajstić information content (AvgIpc) is 2.80. The second-order valence-electron chi connectivity index (χ2n) is 5.08. The molecule has 0 bridgehead atoms. The van der Waals surface area contributed by atoms with E-state index in [-0.39, 0.29) is 0 Å². The van der Waals surface area contributed by atoms with Crippen LogP contribution in [0.1, 0.15) is 18.4 Å². The van der Waals surface area contributed by atoms with Crippen molar-refractivity contribution < 1.29 is 4.43 Å². The number of aryl methyl sites for hydroxylation is 1. The fourth-order valence-electron chi connectivity index (χ4n) is 2.14. The fraction of sp³-hybridized carbons (Fsp3) is 0.500. The SMILES string of the molecule is Cc1cccc(O[SiH](C)C)c1N=CN1CCCC1. The molecule has 0 atom stereocenters. The van der Waals surface area contributed by atoms with E-state index in [0.29, 0.717) is 0 Å². The topological polar surface area (TPSA) is 24.8 Å². The third-order valence-corrected chi connectivity index (χ3v) is 3.78. The zero-order valence-corrected chi connectivity index (χ0v) is 12.7. The number of benzene rings is 1. The Morgan fingerprint density at radius 2 is 2.00 bits per heavy atom. The first-order valence-electron chi connectivity index (χ1n) is 6.71. The van der Waals surface area contributed by atoms with Gasteiger partial charge in [0.05, 0.1) is 6.34 Å². The second-order valence-corrected chi connectivity index (χ2v) is 7.41. The third-order valence-electron chi connectivity index (χ3n) is 3.05. The Balaban J connectivity index is 2.18. The first-order chi connectivity index (χ1) is 8.66. The molecule has 0 radical (unpaired) electrons.